The minimum absolute atomic E-state index is 0. The van der Waals surface area contributed by atoms with E-state index < -0.39 is 0 Å². The zero-order valence-corrected chi connectivity index (χ0v) is 14.2. The van der Waals surface area contributed by atoms with Gasteiger partial charge >= 0.3 is 0 Å². The smallest absolute Gasteiger partial charge is 0.141 e. The van der Waals surface area contributed by atoms with Crippen molar-refractivity contribution in [2.45, 2.75) is 12.8 Å². The Morgan fingerprint density at radius 1 is 1.21 bits per heavy atom. The van der Waals surface area contributed by atoms with Crippen molar-refractivity contribution in [3.63, 3.8) is 0 Å². The maximum absolute atomic E-state index is 3.88. The molecular formula is C16H19Br2N. The number of quaternary nitrogens is 1. The molecule has 1 fully saturated rings. The number of hydrogen-bond acceptors (Lipinski definition) is 0. The van der Waals surface area contributed by atoms with Crippen molar-refractivity contribution >= 4 is 15.9 Å². The molecule has 0 atom stereocenters. The van der Waals surface area contributed by atoms with Crippen molar-refractivity contribution < 1.29 is 21.5 Å². The lowest BCUT2D eigenvalue weighted by Crippen LogP contribution is -3.00. The van der Waals surface area contributed by atoms with E-state index in [2.05, 4.69) is 46.5 Å². The highest BCUT2D eigenvalue weighted by atomic mass is 79.9. The molecule has 0 radical (unpaired) electrons. The summed E-state index contributed by atoms with van der Waals surface area (Å²) < 4.78 is 2.20. The van der Waals surface area contributed by atoms with Crippen LogP contribution < -0.4 is 17.0 Å². The van der Waals surface area contributed by atoms with Gasteiger partial charge in [0.2, 0.25) is 0 Å². The second-order valence-corrected chi connectivity index (χ2v) is 5.85. The van der Waals surface area contributed by atoms with Crippen LogP contribution in [0, 0.1) is 11.8 Å². The van der Waals surface area contributed by atoms with Gasteiger partial charge in [-0.15, -0.1) is 0 Å². The van der Waals surface area contributed by atoms with Gasteiger partial charge in [0.05, 0.1) is 19.6 Å². The monoisotopic (exact) mass is 383 g/mol. The summed E-state index contributed by atoms with van der Waals surface area (Å²) in [5.41, 5.74) is 1.09. The van der Waals surface area contributed by atoms with E-state index >= 15 is 0 Å². The molecule has 0 aliphatic carbocycles. The average molecular weight is 385 g/mol. The van der Waals surface area contributed by atoms with Crippen LogP contribution in [0.15, 0.2) is 41.4 Å². The summed E-state index contributed by atoms with van der Waals surface area (Å²) in [6.45, 7) is 8.38. The molecule has 1 aromatic rings. The fourth-order valence-electron chi connectivity index (χ4n) is 2.53. The Morgan fingerprint density at radius 2 is 1.84 bits per heavy atom. The van der Waals surface area contributed by atoms with E-state index in [4.69, 9.17) is 0 Å². The number of likely N-dealkylation sites (tertiary alicyclic amines) is 1. The van der Waals surface area contributed by atoms with Gasteiger partial charge in [0.25, 0.3) is 0 Å². The molecular weight excluding hydrogens is 366 g/mol. The van der Waals surface area contributed by atoms with Gasteiger partial charge in [0.15, 0.2) is 0 Å². The Hall–Kier alpha value is -0.560. The van der Waals surface area contributed by atoms with Crippen LogP contribution in [0.3, 0.4) is 0 Å². The van der Waals surface area contributed by atoms with Gasteiger partial charge in [-0.3, -0.25) is 0 Å². The van der Waals surface area contributed by atoms with E-state index in [0.29, 0.717) is 0 Å². The normalized spacial score (nSPS) is 16.1. The number of hydrogen-bond donors (Lipinski definition) is 0. The second-order valence-electron chi connectivity index (χ2n) is 4.93. The molecule has 1 nitrogen and oxygen atoms in total. The van der Waals surface area contributed by atoms with E-state index in [1.807, 2.05) is 18.2 Å². The summed E-state index contributed by atoms with van der Waals surface area (Å²) in [5, 5.41) is 0. The van der Waals surface area contributed by atoms with Gasteiger partial charge in [0, 0.05) is 22.9 Å². The summed E-state index contributed by atoms with van der Waals surface area (Å²) >= 11 is 3.43. The van der Waals surface area contributed by atoms with Crippen molar-refractivity contribution in [3.8, 4) is 11.8 Å². The fourth-order valence-corrected chi connectivity index (χ4v) is 2.79. The standard InChI is InChI=1S/C16H19BrN.BrH/c1-2-11-18(12-3-4-13-18)14-5-6-15-7-9-16(17)10-8-15;/h2,7-10H,1,3-4,11-14H2;1H/q+1;/p-1. The Labute approximate surface area is 135 Å². The minimum Gasteiger partial charge on any atom is -1.00 e. The van der Waals surface area contributed by atoms with E-state index in [0.717, 1.165) is 27.6 Å². The van der Waals surface area contributed by atoms with Gasteiger partial charge in [-0.1, -0.05) is 28.4 Å². The molecule has 0 saturated carbocycles. The third-order valence-corrected chi connectivity index (χ3v) is 4.05. The Balaban J connectivity index is 0.00000180. The molecule has 1 heterocycles. The van der Waals surface area contributed by atoms with Crippen molar-refractivity contribution in [3.05, 3.63) is 47.0 Å². The highest BCUT2D eigenvalue weighted by Crippen LogP contribution is 2.18. The number of rotatable bonds is 3. The number of nitrogens with zero attached hydrogens (tertiary/aromatic N) is 1. The molecule has 1 aliphatic rings. The van der Waals surface area contributed by atoms with Crippen LogP contribution in [0.1, 0.15) is 18.4 Å². The fraction of sp³-hybridized carbons (Fsp3) is 0.375. The van der Waals surface area contributed by atoms with E-state index in [1.54, 1.807) is 0 Å². The Morgan fingerprint density at radius 3 is 2.42 bits per heavy atom. The van der Waals surface area contributed by atoms with E-state index in [9.17, 15) is 0 Å². The Kier molecular flexibility index (Phi) is 6.85. The molecule has 1 aromatic carbocycles. The first-order chi connectivity index (χ1) is 8.74. The molecule has 0 aromatic heterocycles. The first-order valence-corrected chi connectivity index (χ1v) is 7.24. The largest absolute Gasteiger partial charge is 1.00 e. The molecule has 0 N–H and O–H groups in total. The maximum atomic E-state index is 3.88. The van der Waals surface area contributed by atoms with Crippen LogP contribution in [0.2, 0.25) is 0 Å². The van der Waals surface area contributed by atoms with Crippen LogP contribution in [-0.2, 0) is 0 Å². The second kappa shape index (κ2) is 7.89. The van der Waals surface area contributed by atoms with Gasteiger partial charge in [-0.2, -0.15) is 0 Å². The molecule has 0 spiro atoms. The lowest BCUT2D eigenvalue weighted by Gasteiger charge is -2.30. The van der Waals surface area contributed by atoms with Crippen LogP contribution >= 0.6 is 15.9 Å². The van der Waals surface area contributed by atoms with Crippen LogP contribution in [0.5, 0.6) is 0 Å². The summed E-state index contributed by atoms with van der Waals surface area (Å²) in [5.74, 6) is 6.61. The molecule has 0 bridgehead atoms. The van der Waals surface area contributed by atoms with Crippen LogP contribution in [0.4, 0.5) is 0 Å². The van der Waals surface area contributed by atoms with Crippen LogP contribution in [0.25, 0.3) is 0 Å². The molecule has 19 heavy (non-hydrogen) atoms. The zero-order valence-electron chi connectivity index (χ0n) is 11.0. The SMILES string of the molecule is C=CC[N+]1(CC#Cc2ccc(Br)cc2)CCCC1.[Br-]. The van der Waals surface area contributed by atoms with Crippen molar-refractivity contribution in [2.75, 3.05) is 26.2 Å². The highest BCUT2D eigenvalue weighted by molar-refractivity contribution is 9.10. The summed E-state index contributed by atoms with van der Waals surface area (Å²) in [7, 11) is 0. The van der Waals surface area contributed by atoms with Gasteiger partial charge in [-0.25, -0.2) is 0 Å². The van der Waals surface area contributed by atoms with Crippen molar-refractivity contribution in [1.29, 1.82) is 0 Å². The lowest BCUT2D eigenvalue weighted by molar-refractivity contribution is -0.904. The third kappa shape index (κ3) is 4.80. The predicted octanol–water partition coefficient (Wildman–Crippen LogP) is 0.601. The van der Waals surface area contributed by atoms with Gasteiger partial charge < -0.3 is 21.5 Å². The van der Waals surface area contributed by atoms with E-state index in [1.165, 1.54) is 25.9 Å². The predicted molar refractivity (Wildman–Crippen MR) is 80.2 cm³/mol. The molecule has 2 rings (SSSR count). The quantitative estimate of drug-likeness (QED) is 0.406. The summed E-state index contributed by atoms with van der Waals surface area (Å²) in [6, 6.07) is 8.18. The first-order valence-electron chi connectivity index (χ1n) is 6.45. The number of benzene rings is 1. The average Bonchev–Trinajstić information content (AvgIpc) is 2.81. The number of halogens is 2. The van der Waals surface area contributed by atoms with E-state index in [-0.39, 0.29) is 17.0 Å². The highest BCUT2D eigenvalue weighted by Gasteiger charge is 2.29. The maximum Gasteiger partial charge on any atom is 0.141 e. The topological polar surface area (TPSA) is 0 Å². The van der Waals surface area contributed by atoms with Crippen LogP contribution in [-0.4, -0.2) is 30.7 Å². The summed E-state index contributed by atoms with van der Waals surface area (Å²) in [4.78, 5) is 0. The molecule has 0 unspecified atom stereocenters. The van der Waals surface area contributed by atoms with Gasteiger partial charge in [0.1, 0.15) is 6.54 Å². The van der Waals surface area contributed by atoms with Gasteiger partial charge in [-0.05, 0) is 36.3 Å². The molecule has 0 amide bonds. The van der Waals surface area contributed by atoms with Crippen molar-refractivity contribution in [2.24, 2.45) is 0 Å². The lowest BCUT2D eigenvalue weighted by atomic mass is 10.2. The third-order valence-electron chi connectivity index (χ3n) is 3.52. The van der Waals surface area contributed by atoms with Crippen molar-refractivity contribution in [1.82, 2.24) is 0 Å². The molecule has 1 aliphatic heterocycles. The Bertz CT molecular complexity index is 462. The minimum atomic E-state index is 0. The molecule has 1 saturated heterocycles. The zero-order chi connectivity index (χ0) is 12.8. The molecule has 3 heteroatoms. The summed E-state index contributed by atoms with van der Waals surface area (Å²) in [6.07, 6.45) is 4.69. The molecule has 102 valence electrons. The first kappa shape index (κ1) is 16.5.